The molecule has 0 bridgehead atoms. The highest BCUT2D eigenvalue weighted by molar-refractivity contribution is 5.57. The molecule has 0 aliphatic heterocycles. The van der Waals surface area contributed by atoms with Gasteiger partial charge in [0.05, 0.1) is 0 Å². The monoisotopic (exact) mass is 325 g/mol. The van der Waals surface area contributed by atoms with Gasteiger partial charge in [0, 0.05) is 12.6 Å². The van der Waals surface area contributed by atoms with Crippen LogP contribution in [0.1, 0.15) is 31.9 Å². The van der Waals surface area contributed by atoms with Crippen LogP contribution in [0.2, 0.25) is 0 Å². The van der Waals surface area contributed by atoms with E-state index in [1.807, 2.05) is 0 Å². The van der Waals surface area contributed by atoms with Gasteiger partial charge >= 0.3 is 6.18 Å². The average Bonchev–Trinajstić information content (AvgIpc) is 2.50. The average molecular weight is 325 g/mol. The molecule has 0 saturated heterocycles. The molecular formula is C15H18F3N5. The molecule has 0 atom stereocenters. The number of hydrogen-bond acceptors (Lipinski definition) is 5. The van der Waals surface area contributed by atoms with Crippen molar-refractivity contribution in [1.29, 1.82) is 0 Å². The zero-order valence-electron chi connectivity index (χ0n) is 12.7. The molecule has 2 aromatic heterocycles. The molecular weight excluding hydrogens is 307 g/mol. The number of hydrogen-bond donors (Lipinski definition) is 2. The smallest absolute Gasteiger partial charge is 0.384 e. The standard InChI is InChI=1S/C15H18F3N5/c1-2-3-4-8-20-13-9-12(19)22-14(23-13)10-6-5-7-11(21-10)15(16,17)18/h5-7,9H,2-4,8H2,1H3,(H3,19,20,22,23). The van der Waals surface area contributed by atoms with E-state index >= 15 is 0 Å². The summed E-state index contributed by atoms with van der Waals surface area (Å²) in [6.45, 7) is 2.81. The first kappa shape index (κ1) is 17.0. The van der Waals surface area contributed by atoms with Gasteiger partial charge in [-0.3, -0.25) is 0 Å². The summed E-state index contributed by atoms with van der Waals surface area (Å²) in [5.74, 6) is 0.712. The van der Waals surface area contributed by atoms with E-state index in [1.165, 1.54) is 12.1 Å². The number of unbranched alkanes of at least 4 members (excludes halogenated alkanes) is 2. The first-order valence-corrected chi connectivity index (χ1v) is 7.33. The third-order valence-corrected chi connectivity index (χ3v) is 3.10. The van der Waals surface area contributed by atoms with Crippen LogP contribution in [-0.2, 0) is 6.18 Å². The van der Waals surface area contributed by atoms with Gasteiger partial charge < -0.3 is 11.1 Å². The number of halogens is 3. The summed E-state index contributed by atoms with van der Waals surface area (Å²) in [7, 11) is 0. The zero-order valence-corrected chi connectivity index (χ0v) is 12.7. The molecule has 0 amide bonds. The maximum atomic E-state index is 12.7. The van der Waals surface area contributed by atoms with Crippen molar-refractivity contribution in [3.05, 3.63) is 30.0 Å². The molecule has 3 N–H and O–H groups in total. The van der Waals surface area contributed by atoms with E-state index < -0.39 is 11.9 Å². The van der Waals surface area contributed by atoms with Crippen LogP contribution >= 0.6 is 0 Å². The summed E-state index contributed by atoms with van der Waals surface area (Å²) >= 11 is 0. The number of pyridine rings is 1. The van der Waals surface area contributed by atoms with Gasteiger partial charge in [-0.25, -0.2) is 15.0 Å². The van der Waals surface area contributed by atoms with Crippen LogP contribution in [0.4, 0.5) is 24.8 Å². The highest BCUT2D eigenvalue weighted by atomic mass is 19.4. The van der Waals surface area contributed by atoms with Gasteiger partial charge in [0.15, 0.2) is 5.82 Å². The van der Waals surface area contributed by atoms with Gasteiger partial charge in [0.2, 0.25) is 0 Å². The fourth-order valence-electron chi connectivity index (χ4n) is 1.98. The predicted octanol–water partition coefficient (Wildman–Crippen LogP) is 3.74. The highest BCUT2D eigenvalue weighted by Crippen LogP contribution is 2.29. The lowest BCUT2D eigenvalue weighted by atomic mass is 10.2. The molecule has 0 aromatic carbocycles. The Morgan fingerprint density at radius 3 is 2.61 bits per heavy atom. The van der Waals surface area contributed by atoms with Crippen molar-refractivity contribution in [2.75, 3.05) is 17.6 Å². The lowest BCUT2D eigenvalue weighted by Gasteiger charge is -2.09. The number of nitrogens with two attached hydrogens (primary N) is 1. The van der Waals surface area contributed by atoms with Gasteiger partial charge in [-0.1, -0.05) is 25.8 Å². The number of nitrogens with zero attached hydrogens (tertiary/aromatic N) is 3. The quantitative estimate of drug-likeness (QED) is 0.791. The minimum atomic E-state index is -4.52. The van der Waals surface area contributed by atoms with Crippen molar-refractivity contribution >= 4 is 11.6 Å². The van der Waals surface area contributed by atoms with Gasteiger partial charge in [0.1, 0.15) is 23.0 Å². The van der Waals surface area contributed by atoms with Crippen molar-refractivity contribution in [3.63, 3.8) is 0 Å². The van der Waals surface area contributed by atoms with Crippen LogP contribution in [0.15, 0.2) is 24.3 Å². The maximum Gasteiger partial charge on any atom is 0.433 e. The number of anilines is 2. The Balaban J connectivity index is 2.24. The minimum Gasteiger partial charge on any atom is -0.384 e. The normalized spacial score (nSPS) is 11.5. The second-order valence-corrected chi connectivity index (χ2v) is 5.04. The van der Waals surface area contributed by atoms with Gasteiger partial charge in [-0.15, -0.1) is 0 Å². The summed E-state index contributed by atoms with van der Waals surface area (Å²) < 4.78 is 38.2. The van der Waals surface area contributed by atoms with E-state index in [9.17, 15) is 13.2 Å². The molecule has 2 heterocycles. The fourth-order valence-corrected chi connectivity index (χ4v) is 1.98. The van der Waals surface area contributed by atoms with Crippen LogP contribution in [-0.4, -0.2) is 21.5 Å². The molecule has 0 saturated carbocycles. The summed E-state index contributed by atoms with van der Waals surface area (Å²) in [6, 6.07) is 5.14. The summed E-state index contributed by atoms with van der Waals surface area (Å²) in [5.41, 5.74) is 4.75. The second kappa shape index (κ2) is 7.26. The summed E-state index contributed by atoms with van der Waals surface area (Å²) in [4.78, 5) is 11.7. The molecule has 2 rings (SSSR count). The molecule has 0 fully saturated rings. The van der Waals surface area contributed by atoms with E-state index in [0.29, 0.717) is 12.4 Å². The largest absolute Gasteiger partial charge is 0.433 e. The molecule has 0 spiro atoms. The third-order valence-electron chi connectivity index (χ3n) is 3.10. The van der Waals surface area contributed by atoms with E-state index in [0.717, 1.165) is 25.3 Å². The van der Waals surface area contributed by atoms with Gasteiger partial charge in [-0.05, 0) is 18.6 Å². The zero-order chi connectivity index (χ0) is 16.9. The van der Waals surface area contributed by atoms with Crippen LogP contribution in [0, 0.1) is 0 Å². The highest BCUT2D eigenvalue weighted by Gasteiger charge is 2.32. The summed E-state index contributed by atoms with van der Waals surface area (Å²) in [5, 5.41) is 3.09. The topological polar surface area (TPSA) is 76.7 Å². The Morgan fingerprint density at radius 2 is 1.91 bits per heavy atom. The maximum absolute atomic E-state index is 12.7. The Bertz CT molecular complexity index is 658. The number of nitrogens with one attached hydrogen (secondary N) is 1. The van der Waals surface area contributed by atoms with Crippen molar-refractivity contribution in [2.45, 2.75) is 32.4 Å². The van der Waals surface area contributed by atoms with E-state index in [4.69, 9.17) is 5.73 Å². The number of nitrogen functional groups attached to an aromatic ring is 1. The van der Waals surface area contributed by atoms with Crippen LogP contribution in [0.5, 0.6) is 0 Å². The number of rotatable bonds is 6. The first-order chi connectivity index (χ1) is 10.9. The molecule has 5 nitrogen and oxygen atoms in total. The van der Waals surface area contributed by atoms with Crippen molar-refractivity contribution in [3.8, 4) is 11.5 Å². The molecule has 2 aromatic rings. The fraction of sp³-hybridized carbons (Fsp3) is 0.400. The Labute approximate surface area is 132 Å². The summed E-state index contributed by atoms with van der Waals surface area (Å²) in [6.07, 6.45) is -1.38. The first-order valence-electron chi connectivity index (χ1n) is 7.33. The van der Waals surface area contributed by atoms with Crippen LogP contribution in [0.25, 0.3) is 11.5 Å². The number of aromatic nitrogens is 3. The molecule has 23 heavy (non-hydrogen) atoms. The molecule has 0 unspecified atom stereocenters. The van der Waals surface area contributed by atoms with Crippen molar-refractivity contribution < 1.29 is 13.2 Å². The molecule has 0 aliphatic carbocycles. The van der Waals surface area contributed by atoms with E-state index in [-0.39, 0.29) is 17.3 Å². The van der Waals surface area contributed by atoms with E-state index in [2.05, 4.69) is 27.2 Å². The lowest BCUT2D eigenvalue weighted by molar-refractivity contribution is -0.141. The third kappa shape index (κ3) is 4.80. The molecule has 0 radical (unpaired) electrons. The van der Waals surface area contributed by atoms with Crippen molar-refractivity contribution in [1.82, 2.24) is 15.0 Å². The number of alkyl halides is 3. The molecule has 0 aliphatic rings. The Hall–Kier alpha value is -2.38. The van der Waals surface area contributed by atoms with Gasteiger partial charge in [-0.2, -0.15) is 13.2 Å². The van der Waals surface area contributed by atoms with Crippen LogP contribution in [0.3, 0.4) is 0 Å². The van der Waals surface area contributed by atoms with Gasteiger partial charge in [0.25, 0.3) is 0 Å². The van der Waals surface area contributed by atoms with Crippen LogP contribution < -0.4 is 11.1 Å². The van der Waals surface area contributed by atoms with Crippen molar-refractivity contribution in [2.24, 2.45) is 0 Å². The lowest BCUT2D eigenvalue weighted by Crippen LogP contribution is -2.10. The second-order valence-electron chi connectivity index (χ2n) is 5.04. The predicted molar refractivity (Wildman–Crippen MR) is 82.7 cm³/mol. The molecule has 8 heteroatoms. The molecule has 124 valence electrons. The Morgan fingerprint density at radius 1 is 1.13 bits per heavy atom. The Kier molecular flexibility index (Phi) is 5.36. The minimum absolute atomic E-state index is 0.0312. The van der Waals surface area contributed by atoms with E-state index in [1.54, 1.807) is 6.07 Å². The SMILES string of the molecule is CCCCCNc1cc(N)nc(-c2cccc(C(F)(F)F)n2)n1.